The van der Waals surface area contributed by atoms with E-state index in [1.54, 1.807) is 7.11 Å². The van der Waals surface area contributed by atoms with Crippen LogP contribution in [0.1, 0.15) is 56.9 Å². The van der Waals surface area contributed by atoms with E-state index in [0.717, 1.165) is 24.9 Å². The van der Waals surface area contributed by atoms with Crippen molar-refractivity contribution in [3.63, 3.8) is 0 Å². The lowest BCUT2D eigenvalue weighted by molar-refractivity contribution is -0.147. The summed E-state index contributed by atoms with van der Waals surface area (Å²) in [4.78, 5) is 30.4. The summed E-state index contributed by atoms with van der Waals surface area (Å²) < 4.78 is 5.19. The molecule has 3 saturated heterocycles. The molecule has 3 fully saturated rings. The number of methoxy groups -OCH3 is 1. The molecule has 6 heteroatoms. The van der Waals surface area contributed by atoms with Crippen molar-refractivity contribution in [3.05, 3.63) is 35.9 Å². The predicted octanol–water partition coefficient (Wildman–Crippen LogP) is 3.21. The molecule has 2 amide bonds. The molecular formula is C26H39N3O3. The maximum atomic E-state index is 13.1. The van der Waals surface area contributed by atoms with Crippen LogP contribution in [0.15, 0.2) is 30.3 Å². The Morgan fingerprint density at radius 2 is 1.88 bits per heavy atom. The van der Waals surface area contributed by atoms with Crippen molar-refractivity contribution >= 4 is 11.8 Å². The SMILES string of the molecule is COCCC(=O)N1C[C@@H]2CCCN3CCC[C@@H]([C@H]23)[C@H]1CCCC(=O)NCc1ccccc1. The molecule has 1 N–H and O–H groups in total. The van der Waals surface area contributed by atoms with Crippen molar-refractivity contribution in [1.82, 2.24) is 15.1 Å². The van der Waals surface area contributed by atoms with Crippen molar-refractivity contribution in [2.45, 2.75) is 70.0 Å². The van der Waals surface area contributed by atoms with Crippen LogP contribution in [0.25, 0.3) is 0 Å². The Bertz CT molecular complexity index is 754. The number of carbonyl (C=O) groups excluding carboxylic acids is 2. The van der Waals surface area contributed by atoms with Gasteiger partial charge in [0.1, 0.15) is 0 Å². The number of amides is 2. The lowest BCUT2D eigenvalue weighted by atomic mass is 9.69. The van der Waals surface area contributed by atoms with Crippen LogP contribution in [0, 0.1) is 11.8 Å². The molecule has 0 bridgehead atoms. The molecule has 3 aliphatic rings. The quantitative estimate of drug-likeness (QED) is 0.639. The zero-order valence-electron chi connectivity index (χ0n) is 19.5. The van der Waals surface area contributed by atoms with Crippen molar-refractivity contribution in [2.24, 2.45) is 11.8 Å². The molecular weight excluding hydrogens is 402 g/mol. The molecule has 0 spiro atoms. The average molecular weight is 442 g/mol. The highest BCUT2D eigenvalue weighted by atomic mass is 16.5. The summed E-state index contributed by atoms with van der Waals surface area (Å²) in [6, 6.07) is 10.9. The Morgan fingerprint density at radius 3 is 2.66 bits per heavy atom. The fraction of sp³-hybridized carbons (Fsp3) is 0.692. The van der Waals surface area contributed by atoms with Crippen LogP contribution in [-0.4, -0.2) is 67.0 Å². The van der Waals surface area contributed by atoms with Crippen LogP contribution in [-0.2, 0) is 20.9 Å². The molecule has 0 radical (unpaired) electrons. The lowest BCUT2D eigenvalue weighted by Gasteiger charge is -2.57. The highest BCUT2D eigenvalue weighted by Crippen LogP contribution is 2.43. The van der Waals surface area contributed by atoms with Crippen molar-refractivity contribution in [1.29, 1.82) is 0 Å². The zero-order valence-corrected chi connectivity index (χ0v) is 19.5. The number of piperidine rings is 3. The summed E-state index contributed by atoms with van der Waals surface area (Å²) >= 11 is 0. The molecule has 1 aromatic rings. The Kier molecular flexibility index (Phi) is 8.20. The summed E-state index contributed by atoms with van der Waals surface area (Å²) in [7, 11) is 1.66. The third-order valence-electron chi connectivity index (χ3n) is 7.75. The smallest absolute Gasteiger partial charge is 0.225 e. The van der Waals surface area contributed by atoms with Crippen molar-refractivity contribution in [2.75, 3.05) is 33.4 Å². The first-order valence-corrected chi connectivity index (χ1v) is 12.5. The predicted molar refractivity (Wildman–Crippen MR) is 125 cm³/mol. The molecule has 176 valence electrons. The second kappa shape index (κ2) is 11.3. The van der Waals surface area contributed by atoms with E-state index in [2.05, 4.69) is 15.1 Å². The molecule has 3 heterocycles. The lowest BCUT2D eigenvalue weighted by Crippen LogP contribution is -2.65. The third-order valence-corrected chi connectivity index (χ3v) is 7.75. The van der Waals surface area contributed by atoms with E-state index < -0.39 is 0 Å². The van der Waals surface area contributed by atoms with Gasteiger partial charge in [0.2, 0.25) is 11.8 Å². The number of hydrogen-bond donors (Lipinski definition) is 1. The molecule has 0 unspecified atom stereocenters. The number of benzene rings is 1. The summed E-state index contributed by atoms with van der Waals surface area (Å²) in [5, 5.41) is 3.04. The normalized spacial score (nSPS) is 27.6. The van der Waals surface area contributed by atoms with Crippen LogP contribution in [0.5, 0.6) is 0 Å². The zero-order chi connectivity index (χ0) is 22.3. The van der Waals surface area contributed by atoms with Gasteiger partial charge in [-0.25, -0.2) is 0 Å². The van der Waals surface area contributed by atoms with Gasteiger partial charge < -0.3 is 15.0 Å². The van der Waals surface area contributed by atoms with Gasteiger partial charge in [-0.3, -0.25) is 14.5 Å². The molecule has 1 aromatic carbocycles. The molecule has 0 aromatic heterocycles. The molecule has 4 rings (SSSR count). The highest BCUT2D eigenvalue weighted by molar-refractivity contribution is 5.77. The van der Waals surface area contributed by atoms with Gasteiger partial charge in [-0.15, -0.1) is 0 Å². The minimum atomic E-state index is 0.0998. The summed E-state index contributed by atoms with van der Waals surface area (Å²) in [5.41, 5.74) is 1.12. The Hall–Kier alpha value is -1.92. The maximum absolute atomic E-state index is 13.1. The van der Waals surface area contributed by atoms with Gasteiger partial charge >= 0.3 is 0 Å². The minimum Gasteiger partial charge on any atom is -0.384 e. The van der Waals surface area contributed by atoms with E-state index in [-0.39, 0.29) is 17.9 Å². The van der Waals surface area contributed by atoms with Crippen LogP contribution >= 0.6 is 0 Å². The number of rotatable bonds is 9. The molecule has 0 aliphatic carbocycles. The molecule has 3 aliphatic heterocycles. The van der Waals surface area contributed by atoms with Gasteiger partial charge in [0.05, 0.1) is 13.0 Å². The van der Waals surface area contributed by atoms with Crippen molar-refractivity contribution < 1.29 is 14.3 Å². The van der Waals surface area contributed by atoms with E-state index in [1.165, 1.54) is 38.8 Å². The number of ether oxygens (including phenoxy) is 1. The first-order chi connectivity index (χ1) is 15.7. The summed E-state index contributed by atoms with van der Waals surface area (Å²) in [6.45, 7) is 4.36. The largest absolute Gasteiger partial charge is 0.384 e. The molecule has 0 saturated carbocycles. The molecule has 4 atom stereocenters. The van der Waals surface area contributed by atoms with Gasteiger partial charge in [-0.1, -0.05) is 30.3 Å². The van der Waals surface area contributed by atoms with Gasteiger partial charge in [0.25, 0.3) is 0 Å². The van der Waals surface area contributed by atoms with Gasteiger partial charge in [-0.05, 0) is 69.0 Å². The topological polar surface area (TPSA) is 61.9 Å². The number of nitrogens with one attached hydrogen (secondary N) is 1. The van der Waals surface area contributed by atoms with E-state index in [0.29, 0.717) is 43.9 Å². The second-order valence-corrected chi connectivity index (χ2v) is 9.75. The Balaban J connectivity index is 1.36. The fourth-order valence-corrected chi connectivity index (χ4v) is 6.34. The van der Waals surface area contributed by atoms with Crippen LogP contribution in [0.2, 0.25) is 0 Å². The Morgan fingerprint density at radius 1 is 1.09 bits per heavy atom. The van der Waals surface area contributed by atoms with Crippen LogP contribution in [0.4, 0.5) is 0 Å². The van der Waals surface area contributed by atoms with Crippen LogP contribution < -0.4 is 5.32 Å². The third kappa shape index (κ3) is 5.52. The monoisotopic (exact) mass is 441 g/mol. The Labute approximate surface area is 192 Å². The van der Waals surface area contributed by atoms with E-state index in [9.17, 15) is 9.59 Å². The van der Waals surface area contributed by atoms with E-state index in [4.69, 9.17) is 4.74 Å². The first kappa shape index (κ1) is 23.2. The maximum Gasteiger partial charge on any atom is 0.225 e. The van der Waals surface area contributed by atoms with Gasteiger partial charge in [-0.2, -0.15) is 0 Å². The van der Waals surface area contributed by atoms with E-state index >= 15 is 0 Å². The van der Waals surface area contributed by atoms with E-state index in [1.807, 2.05) is 30.3 Å². The number of carbonyl (C=O) groups is 2. The molecule has 6 nitrogen and oxygen atoms in total. The first-order valence-electron chi connectivity index (χ1n) is 12.5. The standard InChI is InChI=1S/C26H39N3O3/c1-32-17-14-25(31)29-19-21-10-6-15-28-16-7-11-22(26(21)28)23(29)12-5-13-24(30)27-18-20-8-3-2-4-9-20/h2-4,8-9,21-23,26H,5-7,10-19H2,1H3,(H,27,30)/t21-,22+,23+,26-/m0/s1. The second-order valence-electron chi connectivity index (χ2n) is 9.75. The fourth-order valence-electron chi connectivity index (χ4n) is 6.34. The van der Waals surface area contributed by atoms with Crippen LogP contribution in [0.3, 0.4) is 0 Å². The number of nitrogens with zero attached hydrogens (tertiary/aromatic N) is 2. The minimum absolute atomic E-state index is 0.0998. The summed E-state index contributed by atoms with van der Waals surface area (Å²) in [5.74, 6) is 1.47. The number of hydrogen-bond acceptors (Lipinski definition) is 4. The molecule has 32 heavy (non-hydrogen) atoms. The van der Waals surface area contributed by atoms with Gasteiger partial charge in [0.15, 0.2) is 0 Å². The highest BCUT2D eigenvalue weighted by Gasteiger charge is 2.49. The summed E-state index contributed by atoms with van der Waals surface area (Å²) in [6.07, 6.45) is 7.64. The number of likely N-dealkylation sites (tertiary alicyclic amines) is 1. The average Bonchev–Trinajstić information content (AvgIpc) is 2.83. The van der Waals surface area contributed by atoms with Crippen molar-refractivity contribution in [3.8, 4) is 0 Å². The van der Waals surface area contributed by atoms with Gasteiger partial charge in [0, 0.05) is 38.7 Å².